The molecule has 130 valence electrons. The molecule has 1 amide bonds. The van der Waals surface area contributed by atoms with Gasteiger partial charge in [0.2, 0.25) is 5.91 Å². The van der Waals surface area contributed by atoms with Gasteiger partial charge in [-0.2, -0.15) is 0 Å². The number of rotatable bonds is 6. The quantitative estimate of drug-likeness (QED) is 0.579. The lowest BCUT2D eigenvalue weighted by Gasteiger charge is -2.22. The number of thioether (sulfide) groups is 1. The van der Waals surface area contributed by atoms with Crippen LogP contribution in [0.1, 0.15) is 6.42 Å². The molecule has 2 rings (SSSR count). The van der Waals surface area contributed by atoms with Crippen molar-refractivity contribution < 1.29 is 23.1 Å². The van der Waals surface area contributed by atoms with Gasteiger partial charge in [-0.1, -0.05) is 11.8 Å². The van der Waals surface area contributed by atoms with Crippen molar-refractivity contribution in [2.24, 2.45) is 0 Å². The summed E-state index contributed by atoms with van der Waals surface area (Å²) in [6.07, 6.45) is 1.91. The lowest BCUT2D eigenvalue weighted by atomic mass is 10.2. The normalized spacial score (nSPS) is 15.9. The Kier molecular flexibility index (Phi) is 6.19. The van der Waals surface area contributed by atoms with Gasteiger partial charge in [0.05, 0.1) is 24.0 Å². The molecule has 1 aliphatic rings. The highest BCUT2D eigenvalue weighted by Crippen LogP contribution is 2.29. The molecule has 8 heteroatoms. The topological polar surface area (TPSA) is 49.9 Å². The first-order valence-corrected chi connectivity index (χ1v) is 8.30. The third kappa shape index (κ3) is 4.47. The van der Waals surface area contributed by atoms with E-state index in [1.165, 1.54) is 31.0 Å². The van der Waals surface area contributed by atoms with Crippen LogP contribution in [-0.4, -0.2) is 49.8 Å². The largest absolute Gasteiger partial charge is 0.466 e. The summed E-state index contributed by atoms with van der Waals surface area (Å²) in [7, 11) is 3.04. The van der Waals surface area contributed by atoms with Gasteiger partial charge in [0.25, 0.3) is 0 Å². The van der Waals surface area contributed by atoms with Crippen LogP contribution in [0.5, 0.6) is 0 Å². The van der Waals surface area contributed by atoms with E-state index in [9.17, 15) is 18.4 Å². The first-order chi connectivity index (χ1) is 11.4. The average molecular weight is 356 g/mol. The van der Waals surface area contributed by atoms with Gasteiger partial charge in [-0.3, -0.25) is 4.79 Å². The zero-order valence-corrected chi connectivity index (χ0v) is 14.2. The van der Waals surface area contributed by atoms with E-state index < -0.39 is 17.6 Å². The van der Waals surface area contributed by atoms with Crippen molar-refractivity contribution in [2.75, 3.05) is 37.9 Å². The summed E-state index contributed by atoms with van der Waals surface area (Å²) < 4.78 is 30.8. The van der Waals surface area contributed by atoms with Gasteiger partial charge in [-0.15, -0.1) is 0 Å². The summed E-state index contributed by atoms with van der Waals surface area (Å²) >= 11 is 1.29. The maximum atomic E-state index is 13.3. The molecule has 0 aromatic heterocycles. The van der Waals surface area contributed by atoms with Crippen molar-refractivity contribution in [3.63, 3.8) is 0 Å². The highest BCUT2D eigenvalue weighted by Gasteiger charge is 2.27. The summed E-state index contributed by atoms with van der Waals surface area (Å²) in [5.74, 6) is -2.05. The van der Waals surface area contributed by atoms with Gasteiger partial charge in [0.15, 0.2) is 11.6 Å². The molecule has 1 aromatic rings. The molecule has 0 atom stereocenters. The molecular formula is C16H18F2N2O3S. The fourth-order valence-electron chi connectivity index (χ4n) is 2.25. The van der Waals surface area contributed by atoms with Crippen LogP contribution in [0.2, 0.25) is 0 Å². The minimum absolute atomic E-state index is 0.0642. The molecule has 1 aromatic carbocycles. The number of ether oxygens (including phenoxy) is 1. The number of halogens is 2. The van der Waals surface area contributed by atoms with E-state index in [4.69, 9.17) is 0 Å². The van der Waals surface area contributed by atoms with Crippen molar-refractivity contribution >= 4 is 29.3 Å². The van der Waals surface area contributed by atoms with E-state index in [1.807, 2.05) is 0 Å². The molecule has 1 heterocycles. The number of hydrogen-bond acceptors (Lipinski definition) is 5. The maximum absolute atomic E-state index is 13.3. The Morgan fingerprint density at radius 3 is 2.83 bits per heavy atom. The highest BCUT2D eigenvalue weighted by molar-refractivity contribution is 8.04. The van der Waals surface area contributed by atoms with Crippen LogP contribution in [0.3, 0.4) is 0 Å². The Morgan fingerprint density at radius 1 is 1.42 bits per heavy atom. The van der Waals surface area contributed by atoms with Gasteiger partial charge in [-0.25, -0.2) is 13.6 Å². The van der Waals surface area contributed by atoms with Crippen molar-refractivity contribution in [2.45, 2.75) is 6.42 Å². The molecule has 5 nitrogen and oxygen atoms in total. The van der Waals surface area contributed by atoms with Crippen LogP contribution in [0, 0.1) is 11.6 Å². The predicted octanol–water partition coefficient (Wildman–Crippen LogP) is 2.38. The second-order valence-corrected chi connectivity index (χ2v) is 6.21. The van der Waals surface area contributed by atoms with E-state index in [0.29, 0.717) is 36.0 Å². The Bertz CT molecular complexity index is 667. The van der Waals surface area contributed by atoms with Crippen LogP contribution in [0.4, 0.5) is 14.5 Å². The molecule has 1 saturated heterocycles. The Balaban J connectivity index is 1.92. The maximum Gasteiger partial charge on any atom is 0.333 e. The second-order valence-electron chi connectivity index (χ2n) is 5.21. The number of nitrogens with zero attached hydrogens (tertiary/aromatic N) is 2. The van der Waals surface area contributed by atoms with Crippen molar-refractivity contribution in [3.8, 4) is 0 Å². The number of esters is 1. The number of amides is 1. The van der Waals surface area contributed by atoms with Gasteiger partial charge in [-0.05, 0) is 18.6 Å². The number of benzene rings is 1. The molecule has 1 fully saturated rings. The molecule has 1 aliphatic heterocycles. The molecular weight excluding hydrogens is 338 g/mol. The number of hydrogen-bond donors (Lipinski definition) is 0. The van der Waals surface area contributed by atoms with E-state index in [0.717, 1.165) is 12.1 Å². The van der Waals surface area contributed by atoms with Crippen LogP contribution < -0.4 is 4.90 Å². The molecule has 0 unspecified atom stereocenters. The predicted molar refractivity (Wildman–Crippen MR) is 88.5 cm³/mol. The molecule has 0 saturated carbocycles. The third-order valence-corrected chi connectivity index (χ3v) is 4.60. The molecule has 0 aliphatic carbocycles. The number of methoxy groups -OCH3 is 1. The summed E-state index contributed by atoms with van der Waals surface area (Å²) in [5.41, 5.74) is 0.557. The molecule has 0 spiro atoms. The number of anilines is 1. The zero-order chi connectivity index (χ0) is 17.7. The third-order valence-electron chi connectivity index (χ3n) is 3.57. The Hall–Kier alpha value is -2.09. The summed E-state index contributed by atoms with van der Waals surface area (Å²) in [4.78, 5) is 26.5. The van der Waals surface area contributed by atoms with Crippen LogP contribution in [0.15, 0.2) is 29.3 Å². The van der Waals surface area contributed by atoms with Crippen molar-refractivity contribution in [1.29, 1.82) is 0 Å². The average Bonchev–Trinajstić information content (AvgIpc) is 2.90. The second kappa shape index (κ2) is 8.14. The van der Waals surface area contributed by atoms with Gasteiger partial charge in [0.1, 0.15) is 0 Å². The standard InChI is InChI=1S/C16H18F2N2O3S/c1-19(11-4-5-12(17)13(18)8-11)6-3-7-20-14(21)10-24-15(20)9-16(22)23-2/h4-5,8-9H,3,6-7,10H2,1-2H3. The first kappa shape index (κ1) is 18.3. The van der Waals surface area contributed by atoms with Crippen LogP contribution in [-0.2, 0) is 14.3 Å². The highest BCUT2D eigenvalue weighted by atomic mass is 32.2. The van der Waals surface area contributed by atoms with E-state index in [1.54, 1.807) is 16.8 Å². The molecule has 0 N–H and O–H groups in total. The SMILES string of the molecule is COC(=O)C=C1SCC(=O)N1CCCN(C)c1ccc(F)c(F)c1. The smallest absolute Gasteiger partial charge is 0.333 e. The monoisotopic (exact) mass is 356 g/mol. The van der Waals surface area contributed by atoms with E-state index >= 15 is 0 Å². The van der Waals surface area contributed by atoms with Crippen molar-refractivity contribution in [3.05, 3.63) is 40.9 Å². The molecule has 0 radical (unpaired) electrons. The number of carbonyl (C=O) groups excluding carboxylic acids is 2. The minimum Gasteiger partial charge on any atom is -0.466 e. The lowest BCUT2D eigenvalue weighted by molar-refractivity contribution is -0.134. The Labute approximate surface area is 143 Å². The first-order valence-electron chi connectivity index (χ1n) is 7.31. The summed E-state index contributed by atoms with van der Waals surface area (Å²) in [6.45, 7) is 0.980. The Morgan fingerprint density at radius 2 is 2.17 bits per heavy atom. The van der Waals surface area contributed by atoms with E-state index in [-0.39, 0.29) is 5.91 Å². The van der Waals surface area contributed by atoms with Gasteiger partial charge < -0.3 is 14.5 Å². The zero-order valence-electron chi connectivity index (χ0n) is 13.4. The minimum atomic E-state index is -0.895. The van der Waals surface area contributed by atoms with Crippen molar-refractivity contribution in [1.82, 2.24) is 4.90 Å². The van der Waals surface area contributed by atoms with Gasteiger partial charge in [0, 0.05) is 31.9 Å². The van der Waals surface area contributed by atoms with E-state index in [2.05, 4.69) is 4.74 Å². The molecule has 0 bridgehead atoms. The van der Waals surface area contributed by atoms with Gasteiger partial charge >= 0.3 is 5.97 Å². The molecule has 24 heavy (non-hydrogen) atoms. The van der Waals surface area contributed by atoms with Crippen LogP contribution >= 0.6 is 11.8 Å². The fourth-order valence-corrected chi connectivity index (χ4v) is 3.20. The van der Waals surface area contributed by atoms with Crippen LogP contribution in [0.25, 0.3) is 0 Å². The lowest BCUT2D eigenvalue weighted by Crippen LogP contribution is -2.29. The summed E-state index contributed by atoms with van der Waals surface area (Å²) in [6, 6.07) is 3.71. The fraction of sp³-hybridized carbons (Fsp3) is 0.375. The summed E-state index contributed by atoms with van der Waals surface area (Å²) in [5, 5.41) is 0.572. The number of carbonyl (C=O) groups is 2.